The molecule has 4 N–H and O–H groups in total. The molecule has 2 aliphatic rings. The van der Waals surface area contributed by atoms with Crippen molar-refractivity contribution in [1.29, 1.82) is 0 Å². The lowest BCUT2D eigenvalue weighted by Crippen LogP contribution is -2.50. The van der Waals surface area contributed by atoms with Gasteiger partial charge in [0.15, 0.2) is 0 Å². The summed E-state index contributed by atoms with van der Waals surface area (Å²) in [5.41, 5.74) is 3.04. The Labute approximate surface area is 222 Å². The first kappa shape index (κ1) is 29.6. The summed E-state index contributed by atoms with van der Waals surface area (Å²) in [6.07, 6.45) is 3.08. The highest BCUT2D eigenvalue weighted by Crippen LogP contribution is 2.26. The molecular weight excluding hydrogens is 508 g/mol. The molecule has 0 aliphatic carbocycles. The van der Waals surface area contributed by atoms with Gasteiger partial charge in [-0.3, -0.25) is 0 Å². The van der Waals surface area contributed by atoms with Crippen LogP contribution in [-0.2, 0) is 6.54 Å². The molecule has 0 unspecified atom stereocenters. The molecular formula is C25H34Cl2FN5O3. The zero-order valence-corrected chi connectivity index (χ0v) is 21.6. The van der Waals surface area contributed by atoms with Crippen LogP contribution in [0.5, 0.6) is 0 Å². The Morgan fingerprint density at radius 1 is 0.972 bits per heavy atom. The van der Waals surface area contributed by atoms with Crippen molar-refractivity contribution in [3.8, 4) is 0 Å². The van der Waals surface area contributed by atoms with Gasteiger partial charge >= 0.3 is 6.09 Å². The van der Waals surface area contributed by atoms with Crippen molar-refractivity contribution >= 4 is 47.9 Å². The van der Waals surface area contributed by atoms with Crippen LogP contribution in [-0.4, -0.2) is 74.3 Å². The highest BCUT2D eigenvalue weighted by Gasteiger charge is 2.30. The van der Waals surface area contributed by atoms with Gasteiger partial charge < -0.3 is 30.3 Å². The molecule has 3 heterocycles. The average Bonchev–Trinajstić information content (AvgIpc) is 3.18. The summed E-state index contributed by atoms with van der Waals surface area (Å²) in [6.45, 7) is 3.91. The maximum Gasteiger partial charge on any atom is 0.407 e. The van der Waals surface area contributed by atoms with Crippen LogP contribution in [0.15, 0.2) is 48.5 Å². The lowest BCUT2D eigenvalue weighted by atomic mass is 9.98. The number of anilines is 1. The minimum absolute atomic E-state index is 0. The molecule has 2 aliphatic heterocycles. The number of para-hydroxylation sites is 2. The molecule has 2 fully saturated rings. The Kier molecular flexibility index (Phi) is 10.8. The summed E-state index contributed by atoms with van der Waals surface area (Å²) in [5, 5.41) is 12.9. The normalized spacial score (nSPS) is 17.1. The molecule has 1 amide bonds. The Bertz CT molecular complexity index is 1110. The molecule has 3 aromatic rings. The zero-order valence-electron chi connectivity index (χ0n) is 20.0. The number of benzene rings is 2. The van der Waals surface area contributed by atoms with Gasteiger partial charge in [-0.25, -0.2) is 14.2 Å². The standard InChI is InChI=1S/C25H30FN5O2.2ClH.H2O/c26-19-7-5-18(6-8-19)17-31-23-4-2-1-3-22(23)28-24(31)27-20-9-13-29(14-10-20)21-11-15-30(16-12-21)25(32)33;;;/h1-8,20-21H,9-17H2,(H,27,28)(H,32,33);2*1H;1H2. The molecule has 0 atom stereocenters. The number of aromatic nitrogens is 2. The second kappa shape index (κ2) is 13.1. The molecule has 11 heteroatoms. The number of carbonyl (C=O) groups is 1. The van der Waals surface area contributed by atoms with Crippen LogP contribution in [0.1, 0.15) is 31.2 Å². The number of rotatable bonds is 5. The van der Waals surface area contributed by atoms with Crippen molar-refractivity contribution in [2.45, 2.75) is 44.3 Å². The van der Waals surface area contributed by atoms with Gasteiger partial charge in [0.05, 0.1) is 17.6 Å². The summed E-state index contributed by atoms with van der Waals surface area (Å²) in [5.74, 6) is 0.627. The van der Waals surface area contributed by atoms with E-state index in [4.69, 9.17) is 10.1 Å². The van der Waals surface area contributed by atoms with E-state index in [1.54, 1.807) is 0 Å². The van der Waals surface area contributed by atoms with E-state index in [2.05, 4.69) is 20.9 Å². The molecule has 0 bridgehead atoms. The topological polar surface area (TPSA) is 105 Å². The summed E-state index contributed by atoms with van der Waals surface area (Å²) in [6, 6.07) is 15.6. The Morgan fingerprint density at radius 3 is 2.25 bits per heavy atom. The number of fused-ring (bicyclic) bond motifs is 1. The fourth-order valence-corrected chi connectivity index (χ4v) is 5.13. The summed E-state index contributed by atoms with van der Waals surface area (Å²) < 4.78 is 15.5. The fraction of sp³-hybridized carbons (Fsp3) is 0.440. The van der Waals surface area contributed by atoms with Gasteiger partial charge in [-0.2, -0.15) is 0 Å². The number of carboxylic acid groups (broad SMARTS) is 1. The fourth-order valence-electron chi connectivity index (χ4n) is 5.13. The van der Waals surface area contributed by atoms with E-state index in [1.165, 1.54) is 17.0 Å². The van der Waals surface area contributed by atoms with Crippen molar-refractivity contribution in [3.05, 3.63) is 59.9 Å². The lowest BCUT2D eigenvalue weighted by molar-refractivity contribution is 0.0829. The van der Waals surface area contributed by atoms with Crippen LogP contribution in [0.25, 0.3) is 11.0 Å². The minimum atomic E-state index is -0.806. The predicted octanol–water partition coefficient (Wildman–Crippen LogP) is 4.26. The SMILES string of the molecule is Cl.Cl.O.O=C(O)N1CCC(N2CCC(Nc3nc4ccccc4n3Cc3ccc(F)cc3)CC2)CC1. The smallest absolute Gasteiger partial charge is 0.407 e. The number of imidazole rings is 1. The van der Waals surface area contributed by atoms with E-state index >= 15 is 0 Å². The van der Waals surface area contributed by atoms with Crippen molar-refractivity contribution in [3.63, 3.8) is 0 Å². The summed E-state index contributed by atoms with van der Waals surface area (Å²) in [4.78, 5) is 20.1. The van der Waals surface area contributed by atoms with Gasteiger partial charge in [0.2, 0.25) is 5.95 Å². The second-order valence-electron chi connectivity index (χ2n) is 9.09. The molecule has 2 aromatic carbocycles. The number of nitrogens with zero attached hydrogens (tertiary/aromatic N) is 4. The van der Waals surface area contributed by atoms with Gasteiger partial charge in [-0.1, -0.05) is 24.3 Å². The van der Waals surface area contributed by atoms with Crippen LogP contribution in [0.2, 0.25) is 0 Å². The first-order valence-corrected chi connectivity index (χ1v) is 11.7. The molecule has 0 spiro atoms. The summed E-state index contributed by atoms with van der Waals surface area (Å²) >= 11 is 0. The van der Waals surface area contributed by atoms with Crippen LogP contribution >= 0.6 is 24.8 Å². The number of hydrogen-bond donors (Lipinski definition) is 2. The van der Waals surface area contributed by atoms with Gasteiger partial charge in [-0.05, 0) is 55.5 Å². The molecule has 8 nitrogen and oxygen atoms in total. The van der Waals surface area contributed by atoms with Crippen LogP contribution in [0, 0.1) is 5.82 Å². The molecule has 36 heavy (non-hydrogen) atoms. The van der Waals surface area contributed by atoms with Crippen molar-refractivity contribution in [2.24, 2.45) is 0 Å². The molecule has 1 aromatic heterocycles. The minimum Gasteiger partial charge on any atom is -0.465 e. The number of hydrogen-bond acceptors (Lipinski definition) is 4. The first-order chi connectivity index (χ1) is 16.1. The molecule has 0 radical (unpaired) electrons. The third kappa shape index (κ3) is 6.59. The average molecular weight is 542 g/mol. The maximum absolute atomic E-state index is 13.4. The lowest BCUT2D eigenvalue weighted by Gasteiger charge is -2.41. The van der Waals surface area contributed by atoms with Crippen molar-refractivity contribution in [2.75, 3.05) is 31.5 Å². The molecule has 198 valence electrons. The van der Waals surface area contributed by atoms with Gasteiger partial charge in [0.25, 0.3) is 0 Å². The van der Waals surface area contributed by atoms with E-state index < -0.39 is 6.09 Å². The molecule has 5 rings (SSSR count). The Morgan fingerprint density at radius 2 is 1.61 bits per heavy atom. The Hall–Kier alpha value is -2.59. The van der Waals surface area contributed by atoms with Crippen LogP contribution < -0.4 is 5.32 Å². The van der Waals surface area contributed by atoms with Crippen LogP contribution in [0.3, 0.4) is 0 Å². The van der Waals surface area contributed by atoms with Gasteiger partial charge in [0.1, 0.15) is 5.82 Å². The van der Waals surface area contributed by atoms with E-state index in [9.17, 15) is 9.18 Å². The molecule has 0 saturated carbocycles. The van der Waals surface area contributed by atoms with E-state index in [-0.39, 0.29) is 36.1 Å². The van der Waals surface area contributed by atoms with Crippen molar-refractivity contribution < 1.29 is 19.8 Å². The number of halogens is 3. The monoisotopic (exact) mass is 541 g/mol. The number of amides is 1. The quantitative estimate of drug-likeness (QED) is 0.502. The number of piperidine rings is 2. The third-order valence-electron chi connectivity index (χ3n) is 7.02. The zero-order chi connectivity index (χ0) is 22.8. The Balaban J connectivity index is 0.00000152. The van der Waals surface area contributed by atoms with Crippen molar-refractivity contribution in [1.82, 2.24) is 19.4 Å². The van der Waals surface area contributed by atoms with Crippen LogP contribution in [0.4, 0.5) is 15.1 Å². The van der Waals surface area contributed by atoms with E-state index in [0.717, 1.165) is 61.3 Å². The molecule has 2 saturated heterocycles. The van der Waals surface area contributed by atoms with Gasteiger partial charge in [-0.15, -0.1) is 24.8 Å². The highest BCUT2D eigenvalue weighted by molar-refractivity contribution is 5.85. The van der Waals surface area contributed by atoms with E-state index in [0.29, 0.717) is 31.7 Å². The number of nitrogens with one attached hydrogen (secondary N) is 1. The van der Waals surface area contributed by atoms with E-state index in [1.807, 2.05) is 30.3 Å². The summed E-state index contributed by atoms with van der Waals surface area (Å²) in [7, 11) is 0. The highest BCUT2D eigenvalue weighted by atomic mass is 35.5. The predicted molar refractivity (Wildman–Crippen MR) is 144 cm³/mol. The third-order valence-corrected chi connectivity index (χ3v) is 7.02. The largest absolute Gasteiger partial charge is 0.465 e. The first-order valence-electron chi connectivity index (χ1n) is 11.7. The second-order valence-corrected chi connectivity index (χ2v) is 9.09. The maximum atomic E-state index is 13.4. The number of likely N-dealkylation sites (tertiary alicyclic amines) is 2. The van der Waals surface area contributed by atoms with Gasteiger partial charge in [0, 0.05) is 38.3 Å².